The Morgan fingerprint density at radius 1 is 0.963 bits per heavy atom. The Morgan fingerprint density at radius 3 is 2.37 bits per heavy atom. The first kappa shape index (κ1) is 18.3. The Balaban J connectivity index is 1.43. The highest BCUT2D eigenvalue weighted by molar-refractivity contribution is 6.04. The maximum atomic E-state index is 12.1. The molecule has 3 aromatic rings. The Labute approximate surface area is 158 Å². The molecule has 0 bridgehead atoms. The van der Waals surface area contributed by atoms with E-state index >= 15 is 0 Å². The lowest BCUT2D eigenvalue weighted by Gasteiger charge is -2.09. The van der Waals surface area contributed by atoms with Crippen LogP contribution in [0.25, 0.3) is 0 Å². The molecule has 138 valence electrons. The number of amides is 1. The van der Waals surface area contributed by atoms with Crippen molar-refractivity contribution in [3.63, 3.8) is 0 Å². The fourth-order valence-electron chi connectivity index (χ4n) is 2.39. The van der Waals surface area contributed by atoms with Crippen LogP contribution in [0.1, 0.15) is 10.4 Å². The second-order valence-corrected chi connectivity index (χ2v) is 5.70. The minimum atomic E-state index is -0.161. The van der Waals surface area contributed by atoms with Gasteiger partial charge in [0.25, 0.3) is 5.91 Å². The summed E-state index contributed by atoms with van der Waals surface area (Å²) in [6.45, 7) is 1.11. The molecule has 0 spiro atoms. The first-order valence-electron chi connectivity index (χ1n) is 8.58. The third-order valence-electron chi connectivity index (χ3n) is 3.79. The summed E-state index contributed by atoms with van der Waals surface area (Å²) < 4.78 is 10.8. The van der Waals surface area contributed by atoms with Gasteiger partial charge in [0.15, 0.2) is 0 Å². The Bertz CT molecular complexity index is 850. The Hall–Kier alpha value is -3.54. The van der Waals surface area contributed by atoms with Crippen molar-refractivity contribution in [3.8, 4) is 11.5 Å². The van der Waals surface area contributed by atoms with Crippen LogP contribution in [0.15, 0.2) is 72.9 Å². The summed E-state index contributed by atoms with van der Waals surface area (Å²) in [5.41, 5.74) is 1.25. The molecule has 0 aliphatic heterocycles. The van der Waals surface area contributed by atoms with Gasteiger partial charge in [0.1, 0.15) is 23.9 Å². The molecular weight excluding hydrogens is 342 g/mol. The zero-order valence-corrected chi connectivity index (χ0v) is 15.0. The first-order chi connectivity index (χ1) is 13.2. The van der Waals surface area contributed by atoms with Crippen LogP contribution in [0, 0.1) is 0 Å². The predicted molar refractivity (Wildman–Crippen MR) is 106 cm³/mol. The van der Waals surface area contributed by atoms with Crippen molar-refractivity contribution in [2.24, 2.45) is 0 Å². The average Bonchev–Trinajstić information content (AvgIpc) is 2.73. The summed E-state index contributed by atoms with van der Waals surface area (Å²) in [5.74, 6) is 2.13. The van der Waals surface area contributed by atoms with Crippen molar-refractivity contribution in [3.05, 3.63) is 78.5 Å². The van der Waals surface area contributed by atoms with E-state index in [9.17, 15) is 4.79 Å². The molecule has 0 saturated heterocycles. The predicted octanol–water partition coefficient (Wildman–Crippen LogP) is 3.83. The maximum absolute atomic E-state index is 12.1. The fourth-order valence-corrected chi connectivity index (χ4v) is 2.39. The molecule has 6 heteroatoms. The summed E-state index contributed by atoms with van der Waals surface area (Å²) >= 11 is 0. The van der Waals surface area contributed by atoms with Crippen LogP contribution < -0.4 is 20.1 Å². The van der Waals surface area contributed by atoms with E-state index in [4.69, 9.17) is 9.47 Å². The van der Waals surface area contributed by atoms with Crippen molar-refractivity contribution in [1.82, 2.24) is 4.98 Å². The van der Waals surface area contributed by atoms with Crippen LogP contribution in [0.4, 0.5) is 11.5 Å². The van der Waals surface area contributed by atoms with Crippen molar-refractivity contribution in [1.29, 1.82) is 0 Å². The number of ether oxygens (including phenoxy) is 2. The van der Waals surface area contributed by atoms with Gasteiger partial charge >= 0.3 is 0 Å². The molecule has 2 aromatic carbocycles. The van der Waals surface area contributed by atoms with Gasteiger partial charge in [-0.2, -0.15) is 0 Å². The lowest BCUT2D eigenvalue weighted by atomic mass is 10.2. The van der Waals surface area contributed by atoms with Crippen molar-refractivity contribution in [2.75, 3.05) is 30.9 Å². The third-order valence-corrected chi connectivity index (χ3v) is 3.79. The molecule has 0 atom stereocenters. The molecule has 27 heavy (non-hydrogen) atoms. The standard InChI is InChI=1S/C21H21N3O3/c1-26-18-8-10-19(11-9-18)27-14-13-22-20-12-7-17(15-23-20)24-21(25)16-5-3-2-4-6-16/h2-12,15H,13-14H2,1H3,(H,22,23)(H,24,25). The highest BCUT2D eigenvalue weighted by Crippen LogP contribution is 2.17. The van der Waals surface area contributed by atoms with E-state index in [1.54, 1.807) is 31.5 Å². The number of nitrogens with one attached hydrogen (secondary N) is 2. The molecule has 0 radical (unpaired) electrons. The number of carbonyl (C=O) groups excluding carboxylic acids is 1. The maximum Gasteiger partial charge on any atom is 0.255 e. The minimum absolute atomic E-state index is 0.161. The largest absolute Gasteiger partial charge is 0.497 e. The molecule has 3 rings (SSSR count). The second kappa shape index (κ2) is 9.24. The molecule has 6 nitrogen and oxygen atoms in total. The van der Waals surface area contributed by atoms with Crippen LogP contribution in [-0.2, 0) is 0 Å². The van der Waals surface area contributed by atoms with Crippen molar-refractivity contribution >= 4 is 17.4 Å². The van der Waals surface area contributed by atoms with E-state index < -0.39 is 0 Å². The number of aromatic nitrogens is 1. The van der Waals surface area contributed by atoms with Gasteiger partial charge < -0.3 is 20.1 Å². The summed E-state index contributed by atoms with van der Waals surface area (Å²) in [5, 5.41) is 6.00. The van der Waals surface area contributed by atoms with E-state index in [0.29, 0.717) is 30.2 Å². The Morgan fingerprint density at radius 2 is 1.70 bits per heavy atom. The number of hydrogen-bond donors (Lipinski definition) is 2. The van der Waals surface area contributed by atoms with E-state index in [0.717, 1.165) is 11.5 Å². The van der Waals surface area contributed by atoms with Gasteiger partial charge in [-0.05, 0) is 48.5 Å². The molecule has 0 unspecified atom stereocenters. The summed E-state index contributed by atoms with van der Waals surface area (Å²) in [7, 11) is 1.63. The quantitative estimate of drug-likeness (QED) is 0.595. The van der Waals surface area contributed by atoms with Crippen LogP contribution in [0.5, 0.6) is 11.5 Å². The molecule has 0 aliphatic rings. The van der Waals surface area contributed by atoms with Crippen LogP contribution in [-0.4, -0.2) is 31.2 Å². The van der Waals surface area contributed by atoms with Gasteiger partial charge in [-0.25, -0.2) is 4.98 Å². The monoisotopic (exact) mass is 363 g/mol. The topological polar surface area (TPSA) is 72.5 Å². The normalized spacial score (nSPS) is 10.1. The molecule has 1 aromatic heterocycles. The highest BCUT2D eigenvalue weighted by Gasteiger charge is 2.05. The van der Waals surface area contributed by atoms with Gasteiger partial charge in [-0.1, -0.05) is 18.2 Å². The first-order valence-corrected chi connectivity index (χ1v) is 8.58. The summed E-state index contributed by atoms with van der Waals surface area (Å²) in [6.07, 6.45) is 1.62. The van der Waals surface area contributed by atoms with Gasteiger partial charge in [0.05, 0.1) is 25.5 Å². The average molecular weight is 363 g/mol. The third kappa shape index (κ3) is 5.47. The van der Waals surface area contributed by atoms with E-state index in [1.165, 1.54) is 0 Å². The number of nitrogens with zero attached hydrogens (tertiary/aromatic N) is 1. The number of pyridine rings is 1. The number of rotatable bonds is 8. The van der Waals surface area contributed by atoms with E-state index in [-0.39, 0.29) is 5.91 Å². The Kier molecular flexibility index (Phi) is 6.25. The van der Waals surface area contributed by atoms with Gasteiger partial charge in [0, 0.05) is 5.56 Å². The number of benzene rings is 2. The highest BCUT2D eigenvalue weighted by atomic mass is 16.5. The number of hydrogen-bond acceptors (Lipinski definition) is 5. The zero-order chi connectivity index (χ0) is 18.9. The second-order valence-electron chi connectivity index (χ2n) is 5.70. The zero-order valence-electron chi connectivity index (χ0n) is 15.0. The summed E-state index contributed by atoms with van der Waals surface area (Å²) in [6, 6.07) is 20.1. The molecule has 0 fully saturated rings. The SMILES string of the molecule is COc1ccc(OCCNc2ccc(NC(=O)c3ccccc3)cn2)cc1. The lowest BCUT2D eigenvalue weighted by Crippen LogP contribution is -2.13. The minimum Gasteiger partial charge on any atom is -0.497 e. The molecule has 0 aliphatic carbocycles. The molecule has 1 heterocycles. The van der Waals surface area contributed by atoms with Crippen molar-refractivity contribution < 1.29 is 14.3 Å². The van der Waals surface area contributed by atoms with Gasteiger partial charge in [-0.15, -0.1) is 0 Å². The molecular formula is C21H21N3O3. The lowest BCUT2D eigenvalue weighted by molar-refractivity contribution is 0.102. The van der Waals surface area contributed by atoms with Crippen LogP contribution >= 0.6 is 0 Å². The van der Waals surface area contributed by atoms with E-state index in [2.05, 4.69) is 15.6 Å². The number of carbonyl (C=O) groups is 1. The fraction of sp³-hybridized carbons (Fsp3) is 0.143. The van der Waals surface area contributed by atoms with Gasteiger partial charge in [-0.3, -0.25) is 4.79 Å². The van der Waals surface area contributed by atoms with Crippen molar-refractivity contribution in [2.45, 2.75) is 0 Å². The molecule has 0 saturated carbocycles. The van der Waals surface area contributed by atoms with Gasteiger partial charge in [0.2, 0.25) is 0 Å². The van der Waals surface area contributed by atoms with E-state index in [1.807, 2.05) is 48.5 Å². The van der Waals surface area contributed by atoms with Crippen LogP contribution in [0.2, 0.25) is 0 Å². The summed E-state index contributed by atoms with van der Waals surface area (Å²) in [4.78, 5) is 16.4. The number of anilines is 2. The van der Waals surface area contributed by atoms with Crippen LogP contribution in [0.3, 0.4) is 0 Å². The smallest absolute Gasteiger partial charge is 0.255 e. The molecule has 2 N–H and O–H groups in total. The molecule has 1 amide bonds. The number of methoxy groups -OCH3 is 1.